The number of nitrogens with one attached hydrogen (secondary N) is 2. The standard InChI is InChI=1S/C26H29F3N4O4/c1-15-10-18(13-25(2,3)12-15)33-21-9-4-16(23(36)30-14-22(34)35)11-20(21)32-24(33)31-17-5-7-19(8-6-17)37-26(27,28)29/h4-9,11,15,18H,10,12-14H2,1-3H3,(H,30,36)(H,31,32)(H,34,35)/t15-,18+/m0/s1. The molecule has 1 fully saturated rings. The van der Waals surface area contributed by atoms with Crippen molar-refractivity contribution in [2.45, 2.75) is 52.4 Å². The first-order chi connectivity index (χ1) is 17.3. The molecule has 3 aromatic rings. The molecule has 37 heavy (non-hydrogen) atoms. The minimum Gasteiger partial charge on any atom is -0.480 e. The number of nitrogens with zero attached hydrogens (tertiary/aromatic N) is 2. The quantitative estimate of drug-likeness (QED) is 0.361. The van der Waals surface area contributed by atoms with E-state index in [4.69, 9.17) is 10.1 Å². The fourth-order valence-corrected chi connectivity index (χ4v) is 5.32. The first kappa shape index (κ1) is 26.3. The number of fused-ring (bicyclic) bond motifs is 1. The van der Waals surface area contributed by atoms with Crippen LogP contribution in [0.25, 0.3) is 11.0 Å². The van der Waals surface area contributed by atoms with E-state index in [0.29, 0.717) is 23.1 Å². The lowest BCUT2D eigenvalue weighted by molar-refractivity contribution is -0.274. The van der Waals surface area contributed by atoms with Crippen LogP contribution in [0.15, 0.2) is 42.5 Å². The second kappa shape index (κ2) is 9.95. The summed E-state index contributed by atoms with van der Waals surface area (Å²) >= 11 is 0. The number of anilines is 2. The van der Waals surface area contributed by atoms with Crippen molar-refractivity contribution in [2.75, 3.05) is 11.9 Å². The van der Waals surface area contributed by atoms with Crippen molar-refractivity contribution in [3.8, 4) is 5.75 Å². The Morgan fingerprint density at radius 1 is 1.16 bits per heavy atom. The number of halogens is 3. The normalized spacial score (nSPS) is 19.4. The van der Waals surface area contributed by atoms with Gasteiger partial charge in [0.15, 0.2) is 0 Å². The Kier molecular flexibility index (Phi) is 7.07. The van der Waals surface area contributed by atoms with Crippen molar-refractivity contribution in [2.24, 2.45) is 11.3 Å². The van der Waals surface area contributed by atoms with Crippen LogP contribution in [0.5, 0.6) is 5.75 Å². The summed E-state index contributed by atoms with van der Waals surface area (Å²) in [6.45, 7) is 6.17. The summed E-state index contributed by atoms with van der Waals surface area (Å²) in [5, 5.41) is 14.4. The van der Waals surface area contributed by atoms with Gasteiger partial charge in [0.1, 0.15) is 12.3 Å². The highest BCUT2D eigenvalue weighted by Gasteiger charge is 2.35. The predicted octanol–water partition coefficient (Wildman–Crippen LogP) is 5.88. The fraction of sp³-hybridized carbons (Fsp3) is 0.423. The number of carbonyl (C=O) groups excluding carboxylic acids is 1. The molecule has 0 radical (unpaired) electrons. The molecule has 1 saturated carbocycles. The number of amides is 1. The molecule has 11 heteroatoms. The molecular weight excluding hydrogens is 489 g/mol. The lowest BCUT2D eigenvalue weighted by Crippen LogP contribution is -2.30. The number of carbonyl (C=O) groups is 2. The van der Waals surface area contributed by atoms with E-state index in [1.807, 2.05) is 0 Å². The predicted molar refractivity (Wildman–Crippen MR) is 132 cm³/mol. The number of carboxylic acid groups (broad SMARTS) is 1. The topological polar surface area (TPSA) is 105 Å². The van der Waals surface area contributed by atoms with Crippen LogP contribution in [0.2, 0.25) is 0 Å². The minimum absolute atomic E-state index is 0.101. The molecule has 0 saturated heterocycles. The third kappa shape index (κ3) is 6.52. The lowest BCUT2D eigenvalue weighted by atomic mass is 9.70. The molecule has 1 aliphatic rings. The Balaban J connectivity index is 1.71. The Morgan fingerprint density at radius 2 is 1.86 bits per heavy atom. The first-order valence-electron chi connectivity index (χ1n) is 11.9. The van der Waals surface area contributed by atoms with Crippen LogP contribution >= 0.6 is 0 Å². The van der Waals surface area contributed by atoms with Crippen LogP contribution < -0.4 is 15.4 Å². The van der Waals surface area contributed by atoms with E-state index >= 15 is 0 Å². The molecule has 2 atom stereocenters. The van der Waals surface area contributed by atoms with Gasteiger partial charge in [-0.2, -0.15) is 0 Å². The van der Waals surface area contributed by atoms with E-state index in [-0.39, 0.29) is 22.8 Å². The fourth-order valence-electron chi connectivity index (χ4n) is 5.32. The second-order valence-corrected chi connectivity index (χ2v) is 10.3. The lowest BCUT2D eigenvalue weighted by Gasteiger charge is -2.40. The first-order valence-corrected chi connectivity index (χ1v) is 11.9. The third-order valence-electron chi connectivity index (χ3n) is 6.42. The number of rotatable bonds is 7. The zero-order chi connectivity index (χ0) is 27.0. The maximum Gasteiger partial charge on any atom is 0.573 e. The van der Waals surface area contributed by atoms with Crippen molar-refractivity contribution in [1.29, 1.82) is 0 Å². The van der Waals surface area contributed by atoms with E-state index in [2.05, 4.69) is 40.7 Å². The number of aromatic nitrogens is 2. The van der Waals surface area contributed by atoms with Crippen molar-refractivity contribution >= 4 is 34.5 Å². The van der Waals surface area contributed by atoms with E-state index in [1.54, 1.807) is 18.2 Å². The molecule has 0 unspecified atom stereocenters. The molecule has 2 aromatic carbocycles. The zero-order valence-corrected chi connectivity index (χ0v) is 20.7. The van der Waals surface area contributed by atoms with Crippen LogP contribution in [0.1, 0.15) is 56.4 Å². The number of imidazole rings is 1. The summed E-state index contributed by atoms with van der Waals surface area (Å²) in [6, 6.07) is 10.5. The van der Waals surface area contributed by atoms with Gasteiger partial charge in [0, 0.05) is 17.3 Å². The minimum atomic E-state index is -4.78. The van der Waals surface area contributed by atoms with Gasteiger partial charge in [0.2, 0.25) is 5.95 Å². The van der Waals surface area contributed by atoms with Gasteiger partial charge in [0.25, 0.3) is 5.91 Å². The summed E-state index contributed by atoms with van der Waals surface area (Å²) in [4.78, 5) is 28.0. The van der Waals surface area contributed by atoms with Gasteiger partial charge in [-0.1, -0.05) is 20.8 Å². The van der Waals surface area contributed by atoms with Crippen LogP contribution in [-0.4, -0.2) is 39.4 Å². The van der Waals surface area contributed by atoms with Gasteiger partial charge in [-0.3, -0.25) is 9.59 Å². The zero-order valence-electron chi connectivity index (χ0n) is 20.7. The molecule has 1 aliphatic carbocycles. The number of hydrogen-bond acceptors (Lipinski definition) is 5. The van der Waals surface area contributed by atoms with Crippen LogP contribution in [0.3, 0.4) is 0 Å². The molecule has 4 rings (SSSR count). The molecule has 8 nitrogen and oxygen atoms in total. The van der Waals surface area contributed by atoms with Gasteiger partial charge in [-0.25, -0.2) is 4.98 Å². The number of ether oxygens (including phenoxy) is 1. The third-order valence-corrected chi connectivity index (χ3v) is 6.42. The number of alkyl halides is 3. The van der Waals surface area contributed by atoms with Crippen molar-refractivity contribution in [3.05, 3.63) is 48.0 Å². The highest BCUT2D eigenvalue weighted by atomic mass is 19.4. The maximum absolute atomic E-state index is 12.5. The van der Waals surface area contributed by atoms with E-state index in [1.165, 1.54) is 24.3 Å². The smallest absolute Gasteiger partial charge is 0.480 e. The Morgan fingerprint density at radius 3 is 2.49 bits per heavy atom. The number of aliphatic carboxylic acids is 1. The highest BCUT2D eigenvalue weighted by molar-refractivity contribution is 5.99. The Labute approximate surface area is 211 Å². The number of hydrogen-bond donors (Lipinski definition) is 3. The molecule has 1 heterocycles. The molecule has 0 aliphatic heterocycles. The Bertz CT molecular complexity index is 1300. The molecule has 0 spiro atoms. The van der Waals surface area contributed by atoms with E-state index < -0.39 is 24.8 Å². The van der Waals surface area contributed by atoms with Gasteiger partial charge in [-0.15, -0.1) is 13.2 Å². The van der Waals surface area contributed by atoms with Crippen LogP contribution in [-0.2, 0) is 4.79 Å². The summed E-state index contributed by atoms with van der Waals surface area (Å²) in [7, 11) is 0. The van der Waals surface area contributed by atoms with Gasteiger partial charge in [-0.05, 0) is 73.1 Å². The molecule has 1 aromatic heterocycles. The van der Waals surface area contributed by atoms with Crippen molar-refractivity contribution < 1.29 is 32.6 Å². The summed E-state index contributed by atoms with van der Waals surface area (Å²) < 4.78 is 43.6. The summed E-state index contributed by atoms with van der Waals surface area (Å²) in [5.41, 5.74) is 2.23. The average molecular weight is 519 g/mol. The summed E-state index contributed by atoms with van der Waals surface area (Å²) in [5.74, 6) is -1.03. The maximum atomic E-state index is 12.5. The van der Waals surface area contributed by atoms with Gasteiger partial charge >= 0.3 is 12.3 Å². The summed E-state index contributed by atoms with van der Waals surface area (Å²) in [6.07, 6.45) is -1.87. The van der Waals surface area contributed by atoms with Gasteiger partial charge in [0.05, 0.1) is 11.0 Å². The average Bonchev–Trinajstić information content (AvgIpc) is 3.13. The Hall–Kier alpha value is -3.76. The second-order valence-electron chi connectivity index (χ2n) is 10.3. The van der Waals surface area contributed by atoms with Crippen molar-refractivity contribution in [3.63, 3.8) is 0 Å². The number of carboxylic acids is 1. The van der Waals surface area contributed by atoms with Crippen LogP contribution in [0, 0.1) is 11.3 Å². The molecule has 3 N–H and O–H groups in total. The molecule has 0 bridgehead atoms. The van der Waals surface area contributed by atoms with E-state index in [9.17, 15) is 22.8 Å². The van der Waals surface area contributed by atoms with Gasteiger partial charge < -0.3 is 25.0 Å². The van der Waals surface area contributed by atoms with E-state index in [0.717, 1.165) is 24.8 Å². The van der Waals surface area contributed by atoms with Crippen LogP contribution in [0.4, 0.5) is 24.8 Å². The molecule has 1 amide bonds. The highest BCUT2D eigenvalue weighted by Crippen LogP contribution is 2.46. The van der Waals surface area contributed by atoms with Crippen molar-refractivity contribution in [1.82, 2.24) is 14.9 Å². The number of benzene rings is 2. The molecule has 198 valence electrons. The monoisotopic (exact) mass is 518 g/mol. The molecular formula is C26H29F3N4O4. The largest absolute Gasteiger partial charge is 0.573 e. The SMILES string of the molecule is C[C@H]1C[C@@H](n2c(Nc3ccc(OC(F)(F)F)cc3)nc3cc(C(=O)NCC(=O)O)ccc32)CC(C)(C)C1.